The SMILES string of the molecule is COc1ccc(C2/C(=C(/O)c3ccc(OC(C)C)c(C)c3)C(=O)C(=O)N2c2ccc(C(C)(C)C)cc2)cc1. The monoisotopic (exact) mass is 513 g/mol. The maximum Gasteiger partial charge on any atom is 0.300 e. The molecular formula is C32H35NO5. The van der Waals surface area contributed by atoms with Gasteiger partial charge in [-0.2, -0.15) is 0 Å². The number of aliphatic hydroxyl groups is 1. The summed E-state index contributed by atoms with van der Waals surface area (Å²) in [5.74, 6) is -0.299. The minimum atomic E-state index is -0.812. The third-order valence-corrected chi connectivity index (χ3v) is 6.70. The Morgan fingerprint density at radius 2 is 1.58 bits per heavy atom. The maximum atomic E-state index is 13.5. The van der Waals surface area contributed by atoms with Crippen molar-refractivity contribution in [3.8, 4) is 11.5 Å². The van der Waals surface area contributed by atoms with Crippen molar-refractivity contribution in [2.75, 3.05) is 12.0 Å². The maximum absolute atomic E-state index is 13.5. The van der Waals surface area contributed by atoms with Gasteiger partial charge in [0.2, 0.25) is 0 Å². The number of hydrogen-bond donors (Lipinski definition) is 1. The van der Waals surface area contributed by atoms with Crippen LogP contribution in [0.4, 0.5) is 5.69 Å². The van der Waals surface area contributed by atoms with E-state index < -0.39 is 17.7 Å². The van der Waals surface area contributed by atoms with Crippen LogP contribution in [0, 0.1) is 6.92 Å². The van der Waals surface area contributed by atoms with Crippen molar-refractivity contribution in [2.24, 2.45) is 0 Å². The number of ketones is 1. The fourth-order valence-corrected chi connectivity index (χ4v) is 4.66. The Balaban J connectivity index is 1.87. The molecule has 38 heavy (non-hydrogen) atoms. The van der Waals surface area contributed by atoms with E-state index in [9.17, 15) is 14.7 Å². The Morgan fingerprint density at radius 1 is 0.947 bits per heavy atom. The lowest BCUT2D eigenvalue weighted by molar-refractivity contribution is -0.132. The molecule has 0 radical (unpaired) electrons. The summed E-state index contributed by atoms with van der Waals surface area (Å²) >= 11 is 0. The van der Waals surface area contributed by atoms with Gasteiger partial charge in [0.1, 0.15) is 17.3 Å². The summed E-state index contributed by atoms with van der Waals surface area (Å²) in [5, 5.41) is 11.5. The molecule has 1 atom stereocenters. The molecule has 6 heteroatoms. The van der Waals surface area contributed by atoms with Crippen molar-refractivity contribution in [1.29, 1.82) is 0 Å². The molecule has 1 amide bonds. The molecule has 3 aromatic carbocycles. The van der Waals surface area contributed by atoms with E-state index in [1.165, 1.54) is 4.90 Å². The Kier molecular flexibility index (Phi) is 7.36. The fraction of sp³-hybridized carbons (Fsp3) is 0.312. The third-order valence-electron chi connectivity index (χ3n) is 6.70. The summed E-state index contributed by atoms with van der Waals surface area (Å²) in [7, 11) is 1.58. The molecule has 4 rings (SSSR count). The van der Waals surface area contributed by atoms with E-state index in [1.807, 2.05) is 57.2 Å². The van der Waals surface area contributed by atoms with Crippen molar-refractivity contribution >= 4 is 23.1 Å². The molecule has 198 valence electrons. The molecule has 6 nitrogen and oxygen atoms in total. The first-order valence-electron chi connectivity index (χ1n) is 12.8. The van der Waals surface area contributed by atoms with E-state index >= 15 is 0 Å². The quantitative estimate of drug-likeness (QED) is 0.225. The molecule has 0 spiro atoms. The predicted octanol–water partition coefficient (Wildman–Crippen LogP) is 6.71. The lowest BCUT2D eigenvalue weighted by Gasteiger charge is -2.27. The number of carbonyl (C=O) groups is 2. The van der Waals surface area contributed by atoms with E-state index in [0.29, 0.717) is 28.3 Å². The lowest BCUT2D eigenvalue weighted by Crippen LogP contribution is -2.29. The minimum absolute atomic E-state index is 0.00165. The van der Waals surface area contributed by atoms with Crippen LogP contribution in [0.15, 0.2) is 72.3 Å². The van der Waals surface area contributed by atoms with Crippen LogP contribution in [0.5, 0.6) is 11.5 Å². The van der Waals surface area contributed by atoms with Crippen molar-refractivity contribution in [3.63, 3.8) is 0 Å². The van der Waals surface area contributed by atoms with E-state index in [2.05, 4.69) is 20.8 Å². The molecule has 1 heterocycles. The molecule has 1 fully saturated rings. The summed E-state index contributed by atoms with van der Waals surface area (Å²) in [6.45, 7) is 12.1. The van der Waals surface area contributed by atoms with Crippen molar-refractivity contribution in [1.82, 2.24) is 0 Å². The van der Waals surface area contributed by atoms with E-state index in [4.69, 9.17) is 9.47 Å². The van der Waals surface area contributed by atoms with Crippen LogP contribution in [0.1, 0.15) is 62.9 Å². The number of ether oxygens (including phenoxy) is 2. The Morgan fingerprint density at radius 3 is 2.11 bits per heavy atom. The molecule has 0 saturated carbocycles. The number of amides is 1. The number of Topliss-reactive ketones (excluding diaryl/α,β-unsaturated/α-hetero) is 1. The number of hydrogen-bond acceptors (Lipinski definition) is 5. The average Bonchev–Trinajstić information content (AvgIpc) is 3.14. The lowest BCUT2D eigenvalue weighted by atomic mass is 9.87. The number of aliphatic hydroxyl groups excluding tert-OH is 1. The second-order valence-corrected chi connectivity index (χ2v) is 10.9. The highest BCUT2D eigenvalue weighted by atomic mass is 16.5. The van der Waals surface area contributed by atoms with Crippen LogP contribution in [-0.2, 0) is 15.0 Å². The van der Waals surface area contributed by atoms with Crippen LogP contribution >= 0.6 is 0 Å². The van der Waals surface area contributed by atoms with Crippen LogP contribution in [0.3, 0.4) is 0 Å². The Bertz CT molecular complexity index is 1380. The third kappa shape index (κ3) is 5.17. The predicted molar refractivity (Wildman–Crippen MR) is 150 cm³/mol. The van der Waals surface area contributed by atoms with E-state index in [1.54, 1.807) is 37.4 Å². The molecule has 1 saturated heterocycles. The first kappa shape index (κ1) is 27.0. The zero-order valence-corrected chi connectivity index (χ0v) is 23.0. The number of nitrogens with zero attached hydrogens (tertiary/aromatic N) is 1. The van der Waals surface area contributed by atoms with Gasteiger partial charge in [-0.15, -0.1) is 0 Å². The number of methoxy groups -OCH3 is 1. The van der Waals surface area contributed by atoms with Crippen molar-refractivity contribution < 1.29 is 24.2 Å². The second kappa shape index (κ2) is 10.4. The summed E-state index contributed by atoms with van der Waals surface area (Å²) in [5.41, 5.74) is 3.61. The molecule has 0 bridgehead atoms. The Labute approximate surface area is 224 Å². The largest absolute Gasteiger partial charge is 0.507 e. The molecule has 3 aromatic rings. The molecule has 1 aliphatic heterocycles. The van der Waals surface area contributed by atoms with E-state index in [-0.39, 0.29) is 22.9 Å². The Hall–Kier alpha value is -4.06. The van der Waals surface area contributed by atoms with Gasteiger partial charge < -0.3 is 14.6 Å². The zero-order valence-electron chi connectivity index (χ0n) is 23.0. The van der Waals surface area contributed by atoms with Gasteiger partial charge in [-0.25, -0.2) is 0 Å². The standard InChI is InChI=1S/C32H35NO5/c1-19(2)38-26-17-10-22(18-20(26)3)29(34)27-28(21-8-15-25(37-7)16-9-21)33(31(36)30(27)35)24-13-11-23(12-14-24)32(4,5)6/h8-19,28,34H,1-7H3/b29-27-. The van der Waals surface area contributed by atoms with Gasteiger partial charge in [-0.3, -0.25) is 14.5 Å². The molecule has 1 aliphatic rings. The topological polar surface area (TPSA) is 76.1 Å². The van der Waals surface area contributed by atoms with Crippen molar-refractivity contribution in [3.05, 3.63) is 94.6 Å². The smallest absolute Gasteiger partial charge is 0.300 e. The number of aryl methyl sites for hydroxylation is 1. The number of anilines is 1. The second-order valence-electron chi connectivity index (χ2n) is 10.9. The summed E-state index contributed by atoms with van der Waals surface area (Å²) in [6, 6.07) is 19.2. The zero-order chi connectivity index (χ0) is 27.8. The van der Waals surface area contributed by atoms with Gasteiger partial charge in [-0.1, -0.05) is 45.0 Å². The number of rotatable bonds is 6. The summed E-state index contributed by atoms with van der Waals surface area (Å²) < 4.78 is 11.1. The van der Waals surface area contributed by atoms with Gasteiger partial charge in [0.05, 0.1) is 24.8 Å². The van der Waals surface area contributed by atoms with Crippen LogP contribution in [0.2, 0.25) is 0 Å². The first-order valence-corrected chi connectivity index (χ1v) is 12.8. The van der Waals surface area contributed by atoms with Crippen molar-refractivity contribution in [2.45, 2.75) is 59.1 Å². The number of benzene rings is 3. The summed E-state index contributed by atoms with van der Waals surface area (Å²) in [6.07, 6.45) is -0.00165. The summed E-state index contributed by atoms with van der Waals surface area (Å²) in [4.78, 5) is 28.4. The molecular weight excluding hydrogens is 478 g/mol. The fourth-order valence-electron chi connectivity index (χ4n) is 4.66. The van der Waals surface area contributed by atoms with Gasteiger partial charge in [-0.05, 0) is 85.3 Å². The number of carbonyl (C=O) groups excluding carboxylic acids is 2. The normalized spacial score (nSPS) is 17.3. The van der Waals surface area contributed by atoms with Gasteiger partial charge >= 0.3 is 0 Å². The highest BCUT2D eigenvalue weighted by Crippen LogP contribution is 2.43. The molecule has 0 aromatic heterocycles. The van der Waals surface area contributed by atoms with Gasteiger partial charge in [0, 0.05) is 11.3 Å². The molecule has 1 unspecified atom stereocenters. The van der Waals surface area contributed by atoms with E-state index in [0.717, 1.165) is 11.1 Å². The molecule has 0 aliphatic carbocycles. The average molecular weight is 514 g/mol. The van der Waals surface area contributed by atoms with Crippen LogP contribution in [-0.4, -0.2) is 30.0 Å². The van der Waals surface area contributed by atoms with Gasteiger partial charge in [0.15, 0.2) is 0 Å². The highest BCUT2D eigenvalue weighted by molar-refractivity contribution is 6.51. The highest BCUT2D eigenvalue weighted by Gasteiger charge is 2.47. The molecule has 1 N–H and O–H groups in total. The van der Waals surface area contributed by atoms with Gasteiger partial charge in [0.25, 0.3) is 11.7 Å². The van der Waals surface area contributed by atoms with Crippen LogP contribution < -0.4 is 14.4 Å². The minimum Gasteiger partial charge on any atom is -0.507 e. The first-order chi connectivity index (χ1) is 17.9. The van der Waals surface area contributed by atoms with Crippen LogP contribution in [0.25, 0.3) is 5.76 Å².